The molecule has 0 spiro atoms. The number of amides is 1. The number of carboxylic acid groups (broad SMARTS) is 2. The molecule has 1 aromatic carbocycles. The summed E-state index contributed by atoms with van der Waals surface area (Å²) in [5.41, 5.74) is 0.791. The first-order chi connectivity index (χ1) is 7.41. The van der Waals surface area contributed by atoms with Gasteiger partial charge in [-0.25, -0.2) is 9.59 Å². The summed E-state index contributed by atoms with van der Waals surface area (Å²) in [7, 11) is 0. The Labute approximate surface area is 90.5 Å². The predicted octanol–water partition coefficient (Wildman–Crippen LogP) is 0.716. The predicted molar refractivity (Wildman–Crippen MR) is 54.4 cm³/mol. The maximum atomic E-state index is 10.8. The Kier molecular flexibility index (Phi) is 3.24. The molecule has 0 aromatic heterocycles. The van der Waals surface area contributed by atoms with Crippen LogP contribution in [0, 0.1) is 6.92 Å². The van der Waals surface area contributed by atoms with E-state index < -0.39 is 17.8 Å². The third-order valence-electron chi connectivity index (χ3n) is 1.91. The van der Waals surface area contributed by atoms with Crippen LogP contribution >= 0.6 is 0 Å². The minimum atomic E-state index is -1.60. The zero-order chi connectivity index (χ0) is 12.3. The van der Waals surface area contributed by atoms with Crippen molar-refractivity contribution in [1.29, 1.82) is 0 Å². The van der Waals surface area contributed by atoms with E-state index in [1.807, 2.05) is 0 Å². The van der Waals surface area contributed by atoms with Crippen molar-refractivity contribution in [2.75, 3.05) is 5.32 Å². The highest BCUT2D eigenvalue weighted by molar-refractivity contribution is 6.36. The van der Waals surface area contributed by atoms with Crippen molar-refractivity contribution in [2.45, 2.75) is 6.92 Å². The second kappa shape index (κ2) is 4.43. The van der Waals surface area contributed by atoms with Crippen molar-refractivity contribution >= 4 is 23.5 Å². The van der Waals surface area contributed by atoms with E-state index in [1.165, 1.54) is 18.2 Å². The number of carboxylic acids is 2. The molecule has 0 aliphatic carbocycles. The molecule has 0 unspecified atom stereocenters. The summed E-state index contributed by atoms with van der Waals surface area (Å²) in [6.07, 6.45) is 0. The summed E-state index contributed by atoms with van der Waals surface area (Å²) in [5, 5.41) is 19.2. The summed E-state index contributed by atoms with van der Waals surface area (Å²) in [6, 6.07) is 4.02. The SMILES string of the molecule is Cc1cc(NC(=O)C(=O)O)ccc1C(=O)O. The number of hydrogen-bond acceptors (Lipinski definition) is 3. The van der Waals surface area contributed by atoms with Crippen LogP contribution in [-0.2, 0) is 9.59 Å². The van der Waals surface area contributed by atoms with Crippen LogP contribution in [0.3, 0.4) is 0 Å². The van der Waals surface area contributed by atoms with Crippen LogP contribution in [0.5, 0.6) is 0 Å². The van der Waals surface area contributed by atoms with Crippen molar-refractivity contribution in [3.05, 3.63) is 29.3 Å². The number of aryl methyl sites for hydroxylation is 1. The van der Waals surface area contributed by atoms with E-state index in [-0.39, 0.29) is 11.3 Å². The second-order valence-electron chi connectivity index (χ2n) is 3.09. The summed E-state index contributed by atoms with van der Waals surface area (Å²) >= 11 is 0. The van der Waals surface area contributed by atoms with Crippen LogP contribution in [-0.4, -0.2) is 28.1 Å². The lowest BCUT2D eigenvalue weighted by Gasteiger charge is -2.05. The molecule has 84 valence electrons. The number of carbonyl (C=O) groups excluding carboxylic acids is 1. The molecule has 16 heavy (non-hydrogen) atoms. The van der Waals surface area contributed by atoms with Gasteiger partial charge in [-0.2, -0.15) is 0 Å². The van der Waals surface area contributed by atoms with Gasteiger partial charge < -0.3 is 15.5 Å². The Morgan fingerprint density at radius 3 is 2.25 bits per heavy atom. The van der Waals surface area contributed by atoms with E-state index in [1.54, 1.807) is 6.92 Å². The molecule has 0 radical (unpaired) electrons. The Morgan fingerprint density at radius 1 is 1.19 bits per heavy atom. The van der Waals surface area contributed by atoms with Crippen LogP contribution in [0.25, 0.3) is 0 Å². The van der Waals surface area contributed by atoms with E-state index in [4.69, 9.17) is 10.2 Å². The summed E-state index contributed by atoms with van der Waals surface area (Å²) in [6.45, 7) is 1.56. The standard InChI is InChI=1S/C10H9NO5/c1-5-4-6(11-8(12)10(15)16)2-3-7(5)9(13)14/h2-4H,1H3,(H,11,12)(H,13,14)(H,15,16). The fourth-order valence-corrected chi connectivity index (χ4v) is 1.17. The Balaban J connectivity index is 2.94. The van der Waals surface area contributed by atoms with Gasteiger partial charge in [0.05, 0.1) is 5.56 Å². The highest BCUT2D eigenvalue weighted by Crippen LogP contribution is 2.15. The number of aromatic carboxylic acids is 1. The van der Waals surface area contributed by atoms with Crippen LogP contribution in [0.1, 0.15) is 15.9 Å². The minimum Gasteiger partial charge on any atom is -0.478 e. The van der Waals surface area contributed by atoms with Crippen molar-refractivity contribution < 1.29 is 24.6 Å². The van der Waals surface area contributed by atoms with Gasteiger partial charge in [-0.1, -0.05) is 0 Å². The molecule has 0 aliphatic rings. The largest absolute Gasteiger partial charge is 0.478 e. The quantitative estimate of drug-likeness (QED) is 0.641. The van der Waals surface area contributed by atoms with Crippen molar-refractivity contribution in [1.82, 2.24) is 0 Å². The average Bonchev–Trinajstić information content (AvgIpc) is 2.16. The lowest BCUT2D eigenvalue weighted by molar-refractivity contribution is -0.147. The smallest absolute Gasteiger partial charge is 0.394 e. The van der Waals surface area contributed by atoms with Gasteiger partial charge in [0, 0.05) is 5.69 Å². The van der Waals surface area contributed by atoms with Gasteiger partial charge in [-0.05, 0) is 30.7 Å². The van der Waals surface area contributed by atoms with Crippen LogP contribution in [0.2, 0.25) is 0 Å². The summed E-state index contributed by atoms with van der Waals surface area (Å²) < 4.78 is 0. The first kappa shape index (κ1) is 11.7. The van der Waals surface area contributed by atoms with Gasteiger partial charge in [0.2, 0.25) is 0 Å². The number of anilines is 1. The molecule has 0 heterocycles. The van der Waals surface area contributed by atoms with Gasteiger partial charge >= 0.3 is 17.8 Å². The molecular weight excluding hydrogens is 214 g/mol. The number of nitrogens with one attached hydrogen (secondary N) is 1. The monoisotopic (exact) mass is 223 g/mol. The third kappa shape index (κ3) is 2.57. The first-order valence-corrected chi connectivity index (χ1v) is 4.30. The van der Waals surface area contributed by atoms with E-state index in [2.05, 4.69) is 5.32 Å². The lowest BCUT2D eigenvalue weighted by Crippen LogP contribution is -2.21. The minimum absolute atomic E-state index is 0.105. The first-order valence-electron chi connectivity index (χ1n) is 4.30. The lowest BCUT2D eigenvalue weighted by atomic mass is 10.1. The molecule has 1 aromatic rings. The zero-order valence-corrected chi connectivity index (χ0v) is 8.35. The number of carbonyl (C=O) groups is 3. The van der Waals surface area contributed by atoms with Gasteiger partial charge in [-0.3, -0.25) is 4.79 Å². The summed E-state index contributed by atoms with van der Waals surface area (Å²) in [4.78, 5) is 31.8. The van der Waals surface area contributed by atoms with Crippen LogP contribution < -0.4 is 5.32 Å². The van der Waals surface area contributed by atoms with Gasteiger partial charge in [0.25, 0.3) is 0 Å². The Hall–Kier alpha value is -2.37. The maximum absolute atomic E-state index is 10.8. The highest BCUT2D eigenvalue weighted by atomic mass is 16.4. The van der Waals surface area contributed by atoms with Crippen molar-refractivity contribution in [2.24, 2.45) is 0 Å². The number of aliphatic carboxylic acids is 1. The van der Waals surface area contributed by atoms with E-state index in [0.717, 1.165) is 0 Å². The average molecular weight is 223 g/mol. The Morgan fingerprint density at radius 2 is 1.81 bits per heavy atom. The molecule has 6 nitrogen and oxygen atoms in total. The molecule has 6 heteroatoms. The van der Waals surface area contributed by atoms with Crippen LogP contribution in [0.4, 0.5) is 5.69 Å². The molecule has 0 fully saturated rings. The van der Waals surface area contributed by atoms with Gasteiger partial charge in [0.1, 0.15) is 0 Å². The van der Waals surface area contributed by atoms with Crippen molar-refractivity contribution in [3.63, 3.8) is 0 Å². The molecule has 0 bridgehead atoms. The number of benzene rings is 1. The molecule has 1 rings (SSSR count). The van der Waals surface area contributed by atoms with E-state index in [9.17, 15) is 14.4 Å². The van der Waals surface area contributed by atoms with Crippen molar-refractivity contribution in [3.8, 4) is 0 Å². The Bertz CT molecular complexity index is 466. The number of hydrogen-bond donors (Lipinski definition) is 3. The fourth-order valence-electron chi connectivity index (χ4n) is 1.17. The zero-order valence-electron chi connectivity index (χ0n) is 8.35. The third-order valence-corrected chi connectivity index (χ3v) is 1.91. The fraction of sp³-hybridized carbons (Fsp3) is 0.100. The molecule has 0 saturated carbocycles. The van der Waals surface area contributed by atoms with Gasteiger partial charge in [0.15, 0.2) is 0 Å². The molecule has 1 amide bonds. The molecule has 3 N–H and O–H groups in total. The molecule has 0 aliphatic heterocycles. The van der Waals surface area contributed by atoms with Crippen LogP contribution in [0.15, 0.2) is 18.2 Å². The second-order valence-corrected chi connectivity index (χ2v) is 3.09. The maximum Gasteiger partial charge on any atom is 0.394 e. The van der Waals surface area contributed by atoms with Gasteiger partial charge in [-0.15, -0.1) is 0 Å². The van der Waals surface area contributed by atoms with E-state index in [0.29, 0.717) is 5.56 Å². The molecule has 0 atom stereocenters. The number of rotatable bonds is 2. The van der Waals surface area contributed by atoms with E-state index >= 15 is 0 Å². The highest BCUT2D eigenvalue weighted by Gasteiger charge is 2.12. The summed E-state index contributed by atoms with van der Waals surface area (Å²) in [5.74, 6) is -3.84. The topological polar surface area (TPSA) is 104 Å². The molecule has 0 saturated heterocycles. The normalized spacial score (nSPS) is 9.56. The molecular formula is C10H9NO5.